The minimum Gasteiger partial charge on any atom is -0.394 e. The molecule has 0 unspecified atom stereocenters. The third-order valence-corrected chi connectivity index (χ3v) is 3.14. The Morgan fingerprint density at radius 1 is 1.56 bits per heavy atom. The van der Waals surface area contributed by atoms with Crippen molar-refractivity contribution in [1.82, 2.24) is 9.55 Å². The molecule has 1 aliphatic heterocycles. The first-order valence-electron chi connectivity index (χ1n) is 5.42. The van der Waals surface area contributed by atoms with Crippen LogP contribution in [0.2, 0.25) is 0 Å². The fourth-order valence-corrected chi connectivity index (χ4v) is 2.21. The van der Waals surface area contributed by atoms with Crippen LogP contribution in [0.3, 0.4) is 0 Å². The van der Waals surface area contributed by atoms with Crippen LogP contribution in [0.1, 0.15) is 18.3 Å². The Morgan fingerprint density at radius 3 is 2.83 bits per heavy atom. The highest BCUT2D eigenvalue weighted by Crippen LogP contribution is 2.28. The van der Waals surface area contributed by atoms with Gasteiger partial charge < -0.3 is 14.9 Å². The van der Waals surface area contributed by atoms with Gasteiger partial charge in [0.05, 0.1) is 18.6 Å². The van der Waals surface area contributed by atoms with Gasteiger partial charge in [-0.2, -0.15) is 0 Å². The van der Waals surface area contributed by atoms with E-state index in [9.17, 15) is 14.7 Å². The van der Waals surface area contributed by atoms with Crippen molar-refractivity contribution in [3.05, 3.63) is 32.6 Å². The lowest BCUT2D eigenvalue weighted by molar-refractivity contribution is -0.0466. The Bertz CT molecular complexity index is 540. The maximum Gasteiger partial charge on any atom is 0.330 e. The first-order chi connectivity index (χ1) is 8.56. The number of aliphatic hydroxyl groups excluding tert-OH is 2. The van der Waals surface area contributed by atoms with Crippen LogP contribution in [0.15, 0.2) is 15.7 Å². The quantitative estimate of drug-likeness (QED) is 0.609. The molecule has 0 saturated carbocycles. The van der Waals surface area contributed by atoms with Gasteiger partial charge in [0.2, 0.25) is 0 Å². The second-order valence-corrected chi connectivity index (χ2v) is 4.32. The smallest absolute Gasteiger partial charge is 0.330 e. The van der Waals surface area contributed by atoms with E-state index in [1.54, 1.807) is 0 Å². The van der Waals surface area contributed by atoms with Crippen LogP contribution in [0.25, 0.3) is 0 Å². The van der Waals surface area contributed by atoms with Crippen LogP contribution in [0, 0.1) is 0 Å². The van der Waals surface area contributed by atoms with E-state index < -0.39 is 29.7 Å². The third-order valence-electron chi connectivity index (χ3n) is 2.87. The Balaban J connectivity index is 2.40. The number of hydrogen-bond acceptors (Lipinski definition) is 5. The number of nitrogens with one attached hydrogen (secondary N) is 1. The van der Waals surface area contributed by atoms with Gasteiger partial charge in [-0.05, 0) is 0 Å². The lowest BCUT2D eigenvalue weighted by Crippen LogP contribution is -2.34. The lowest BCUT2D eigenvalue weighted by atomic mass is 10.2. The zero-order valence-corrected chi connectivity index (χ0v) is 10.1. The number of aromatic amines is 1. The van der Waals surface area contributed by atoms with E-state index in [0.717, 1.165) is 0 Å². The molecule has 100 valence electrons. The van der Waals surface area contributed by atoms with E-state index in [1.807, 2.05) is 0 Å². The predicted octanol–water partition coefficient (Wildman–Crippen LogP) is -1.08. The minimum atomic E-state index is -0.859. The lowest BCUT2D eigenvalue weighted by Gasteiger charge is -2.17. The number of rotatable bonds is 3. The summed E-state index contributed by atoms with van der Waals surface area (Å²) >= 11 is 5.68. The molecule has 1 aromatic rings. The highest BCUT2D eigenvalue weighted by Gasteiger charge is 2.35. The van der Waals surface area contributed by atoms with Crippen LogP contribution in [0.5, 0.6) is 0 Å². The standard InChI is InChI=1S/C10H13ClN2O5/c11-3-5-1-8(16)12-10(17)13(5)9-2-6(15)7(4-14)18-9/h1,6-7,9,14-15H,2-4H2,(H,12,16,17)/t6-,7+,9+/m0/s1. The summed E-state index contributed by atoms with van der Waals surface area (Å²) < 4.78 is 6.54. The monoisotopic (exact) mass is 276 g/mol. The molecule has 18 heavy (non-hydrogen) atoms. The zero-order chi connectivity index (χ0) is 13.3. The molecule has 1 aliphatic rings. The maximum absolute atomic E-state index is 11.7. The second-order valence-electron chi connectivity index (χ2n) is 4.05. The number of ether oxygens (including phenoxy) is 1. The van der Waals surface area contributed by atoms with Gasteiger partial charge in [0.15, 0.2) is 0 Å². The number of aliphatic hydroxyl groups is 2. The molecule has 2 heterocycles. The normalized spacial score (nSPS) is 27.6. The third kappa shape index (κ3) is 2.35. The Hall–Kier alpha value is -1.15. The molecular weight excluding hydrogens is 264 g/mol. The molecule has 1 fully saturated rings. The number of halogens is 1. The Kier molecular flexibility index (Phi) is 3.86. The summed E-state index contributed by atoms with van der Waals surface area (Å²) in [6.45, 7) is -0.341. The van der Waals surface area contributed by atoms with Crippen molar-refractivity contribution >= 4 is 11.6 Å². The fourth-order valence-electron chi connectivity index (χ4n) is 2.01. The molecule has 3 N–H and O–H groups in total. The number of aromatic nitrogens is 2. The Morgan fingerprint density at radius 2 is 2.28 bits per heavy atom. The molecule has 0 amide bonds. The van der Waals surface area contributed by atoms with Gasteiger partial charge in [-0.3, -0.25) is 14.3 Å². The molecule has 0 aromatic carbocycles. The van der Waals surface area contributed by atoms with Crippen LogP contribution >= 0.6 is 11.6 Å². The van der Waals surface area contributed by atoms with Gasteiger partial charge in [0, 0.05) is 18.2 Å². The molecule has 0 spiro atoms. The molecule has 3 atom stereocenters. The summed E-state index contributed by atoms with van der Waals surface area (Å²) in [5.41, 5.74) is -0.876. The number of H-pyrrole nitrogens is 1. The highest BCUT2D eigenvalue weighted by atomic mass is 35.5. The van der Waals surface area contributed by atoms with E-state index in [2.05, 4.69) is 4.98 Å². The van der Waals surface area contributed by atoms with Crippen LogP contribution in [0.4, 0.5) is 0 Å². The minimum absolute atomic E-state index is 0.0289. The van der Waals surface area contributed by atoms with Gasteiger partial charge in [0.1, 0.15) is 12.3 Å². The summed E-state index contributed by atoms with van der Waals surface area (Å²) in [6, 6.07) is 1.20. The summed E-state index contributed by atoms with van der Waals surface area (Å²) in [7, 11) is 0. The molecule has 1 aromatic heterocycles. The average molecular weight is 277 g/mol. The second kappa shape index (κ2) is 5.23. The molecular formula is C10H13ClN2O5. The first kappa shape index (κ1) is 13.3. The van der Waals surface area contributed by atoms with Gasteiger partial charge in [-0.15, -0.1) is 11.6 Å². The van der Waals surface area contributed by atoms with E-state index >= 15 is 0 Å². The van der Waals surface area contributed by atoms with Gasteiger partial charge in [0.25, 0.3) is 5.56 Å². The molecule has 8 heteroatoms. The summed E-state index contributed by atoms with van der Waals surface area (Å²) in [5, 5.41) is 18.6. The number of nitrogens with zero attached hydrogens (tertiary/aromatic N) is 1. The van der Waals surface area contributed by atoms with Crippen LogP contribution in [-0.2, 0) is 10.6 Å². The Labute approximate surface area is 107 Å². The topological polar surface area (TPSA) is 105 Å². The van der Waals surface area contributed by atoms with E-state index in [0.29, 0.717) is 5.69 Å². The predicted molar refractivity (Wildman–Crippen MR) is 62.5 cm³/mol. The first-order valence-corrected chi connectivity index (χ1v) is 5.95. The van der Waals surface area contributed by atoms with Crippen molar-refractivity contribution in [2.75, 3.05) is 6.61 Å². The number of hydrogen-bond donors (Lipinski definition) is 3. The van der Waals surface area contributed by atoms with Gasteiger partial charge in [-0.25, -0.2) is 4.79 Å². The summed E-state index contributed by atoms with van der Waals surface area (Å²) in [5.74, 6) is -0.0289. The van der Waals surface area contributed by atoms with Crippen LogP contribution in [-0.4, -0.2) is 38.6 Å². The molecule has 0 bridgehead atoms. The van der Waals surface area contributed by atoms with E-state index in [1.165, 1.54) is 10.6 Å². The van der Waals surface area contributed by atoms with Crippen molar-refractivity contribution in [3.63, 3.8) is 0 Å². The molecule has 1 saturated heterocycles. The molecule has 7 nitrogen and oxygen atoms in total. The van der Waals surface area contributed by atoms with Gasteiger partial charge >= 0.3 is 5.69 Å². The summed E-state index contributed by atoms with van der Waals surface area (Å²) in [4.78, 5) is 25.0. The van der Waals surface area contributed by atoms with E-state index in [4.69, 9.17) is 21.4 Å². The number of alkyl halides is 1. The van der Waals surface area contributed by atoms with Crippen molar-refractivity contribution in [1.29, 1.82) is 0 Å². The molecule has 2 rings (SSSR count). The van der Waals surface area contributed by atoms with Crippen molar-refractivity contribution in [2.24, 2.45) is 0 Å². The SMILES string of the molecule is O=c1cc(CCl)n([C@H]2C[C@H](O)[C@@H](CO)O2)c(=O)[nH]1. The molecule has 0 radical (unpaired) electrons. The van der Waals surface area contributed by atoms with Gasteiger partial charge in [-0.1, -0.05) is 0 Å². The van der Waals surface area contributed by atoms with Crippen molar-refractivity contribution in [3.8, 4) is 0 Å². The van der Waals surface area contributed by atoms with Crippen molar-refractivity contribution < 1.29 is 14.9 Å². The largest absolute Gasteiger partial charge is 0.394 e. The summed E-state index contributed by atoms with van der Waals surface area (Å²) in [6.07, 6.45) is -2.18. The van der Waals surface area contributed by atoms with Crippen LogP contribution < -0.4 is 11.2 Å². The highest BCUT2D eigenvalue weighted by molar-refractivity contribution is 6.16. The zero-order valence-electron chi connectivity index (χ0n) is 9.38. The maximum atomic E-state index is 11.7. The van der Waals surface area contributed by atoms with Crippen molar-refractivity contribution in [2.45, 2.75) is 30.7 Å². The fraction of sp³-hybridized carbons (Fsp3) is 0.600. The average Bonchev–Trinajstić information content (AvgIpc) is 2.68. The molecule has 0 aliphatic carbocycles. The van der Waals surface area contributed by atoms with E-state index in [-0.39, 0.29) is 18.9 Å².